The van der Waals surface area contributed by atoms with Crippen molar-refractivity contribution in [2.75, 3.05) is 6.54 Å². The normalized spacial score (nSPS) is 12.8. The molecule has 12 heavy (non-hydrogen) atoms. The van der Waals surface area contributed by atoms with Crippen LogP contribution in [0.25, 0.3) is 0 Å². The standard InChI is InChI=1S/C11H17N/c1-2-10(9-12)8-11-6-4-3-5-7-11/h3-7,10H,2,8-9,12H2,1H3/t10-/m1/s1. The van der Waals surface area contributed by atoms with Crippen LogP contribution in [0.3, 0.4) is 0 Å². The highest BCUT2D eigenvalue weighted by atomic mass is 14.5. The van der Waals surface area contributed by atoms with Crippen molar-refractivity contribution < 1.29 is 0 Å². The maximum absolute atomic E-state index is 5.63. The summed E-state index contributed by atoms with van der Waals surface area (Å²) in [7, 11) is 0. The van der Waals surface area contributed by atoms with Gasteiger partial charge in [-0.05, 0) is 24.4 Å². The summed E-state index contributed by atoms with van der Waals surface area (Å²) in [6.45, 7) is 2.99. The van der Waals surface area contributed by atoms with Gasteiger partial charge in [0.2, 0.25) is 0 Å². The third kappa shape index (κ3) is 2.67. The lowest BCUT2D eigenvalue weighted by Gasteiger charge is -2.11. The summed E-state index contributed by atoms with van der Waals surface area (Å²) in [5.41, 5.74) is 7.03. The van der Waals surface area contributed by atoms with E-state index in [1.54, 1.807) is 0 Å². The quantitative estimate of drug-likeness (QED) is 0.723. The van der Waals surface area contributed by atoms with Crippen LogP contribution in [0, 0.1) is 5.92 Å². The Morgan fingerprint density at radius 1 is 1.25 bits per heavy atom. The number of rotatable bonds is 4. The van der Waals surface area contributed by atoms with Gasteiger partial charge in [0.25, 0.3) is 0 Å². The molecule has 0 aromatic heterocycles. The van der Waals surface area contributed by atoms with E-state index in [1.807, 2.05) is 6.07 Å². The van der Waals surface area contributed by atoms with Crippen molar-refractivity contribution in [2.45, 2.75) is 19.8 Å². The molecule has 1 heteroatoms. The van der Waals surface area contributed by atoms with Gasteiger partial charge in [-0.2, -0.15) is 0 Å². The van der Waals surface area contributed by atoms with Gasteiger partial charge in [-0.3, -0.25) is 0 Å². The molecule has 0 fully saturated rings. The van der Waals surface area contributed by atoms with Gasteiger partial charge in [-0.15, -0.1) is 0 Å². The summed E-state index contributed by atoms with van der Waals surface area (Å²) < 4.78 is 0. The first-order valence-corrected chi connectivity index (χ1v) is 4.60. The largest absolute Gasteiger partial charge is 0.330 e. The lowest BCUT2D eigenvalue weighted by atomic mass is 9.97. The first kappa shape index (κ1) is 9.27. The molecule has 1 rings (SSSR count). The van der Waals surface area contributed by atoms with Gasteiger partial charge in [0.05, 0.1) is 0 Å². The molecule has 0 aliphatic heterocycles. The summed E-state index contributed by atoms with van der Waals surface area (Å²) in [6.07, 6.45) is 2.29. The molecule has 2 N–H and O–H groups in total. The first-order valence-electron chi connectivity index (χ1n) is 4.60. The summed E-state index contributed by atoms with van der Waals surface area (Å²) >= 11 is 0. The van der Waals surface area contributed by atoms with Gasteiger partial charge in [-0.1, -0.05) is 43.7 Å². The first-order chi connectivity index (χ1) is 5.86. The van der Waals surface area contributed by atoms with Crippen molar-refractivity contribution in [1.82, 2.24) is 0 Å². The highest BCUT2D eigenvalue weighted by Crippen LogP contribution is 2.09. The molecule has 0 bridgehead atoms. The molecule has 1 atom stereocenters. The van der Waals surface area contributed by atoms with E-state index in [4.69, 9.17) is 5.73 Å². The highest BCUT2D eigenvalue weighted by Gasteiger charge is 2.03. The van der Waals surface area contributed by atoms with Gasteiger partial charge >= 0.3 is 0 Å². The van der Waals surface area contributed by atoms with Crippen molar-refractivity contribution in [3.63, 3.8) is 0 Å². The summed E-state index contributed by atoms with van der Waals surface area (Å²) in [6, 6.07) is 10.5. The van der Waals surface area contributed by atoms with Crippen LogP contribution in [0.5, 0.6) is 0 Å². The zero-order chi connectivity index (χ0) is 8.81. The number of hydrogen-bond acceptors (Lipinski definition) is 1. The molecule has 0 unspecified atom stereocenters. The summed E-state index contributed by atoms with van der Waals surface area (Å²) in [5, 5.41) is 0. The molecule has 66 valence electrons. The molecule has 0 aliphatic rings. The topological polar surface area (TPSA) is 26.0 Å². The van der Waals surface area contributed by atoms with Crippen LogP contribution in [0.4, 0.5) is 0 Å². The van der Waals surface area contributed by atoms with Gasteiger partial charge in [0, 0.05) is 0 Å². The second kappa shape index (κ2) is 4.94. The Hall–Kier alpha value is -0.820. The van der Waals surface area contributed by atoms with Gasteiger partial charge in [0.15, 0.2) is 0 Å². The lowest BCUT2D eigenvalue weighted by molar-refractivity contribution is 0.519. The molecular formula is C11H17N. The van der Waals surface area contributed by atoms with Crippen molar-refractivity contribution in [3.8, 4) is 0 Å². The van der Waals surface area contributed by atoms with E-state index in [0.717, 1.165) is 13.0 Å². The molecule has 1 nitrogen and oxygen atoms in total. The number of hydrogen-bond donors (Lipinski definition) is 1. The molecule has 0 saturated heterocycles. The van der Waals surface area contributed by atoms with E-state index >= 15 is 0 Å². The minimum atomic E-state index is 0.646. The third-order valence-corrected chi connectivity index (χ3v) is 2.28. The Morgan fingerprint density at radius 3 is 2.42 bits per heavy atom. The maximum atomic E-state index is 5.63. The minimum Gasteiger partial charge on any atom is -0.330 e. The van der Waals surface area contributed by atoms with Crippen molar-refractivity contribution in [2.24, 2.45) is 11.7 Å². The molecule has 0 heterocycles. The van der Waals surface area contributed by atoms with Crippen LogP contribution in [0.2, 0.25) is 0 Å². The van der Waals surface area contributed by atoms with E-state index in [0.29, 0.717) is 5.92 Å². The Bertz CT molecular complexity index is 202. The van der Waals surface area contributed by atoms with Crippen LogP contribution in [0.1, 0.15) is 18.9 Å². The third-order valence-electron chi connectivity index (χ3n) is 2.28. The Balaban J connectivity index is 2.51. The molecule has 1 aromatic rings. The molecular weight excluding hydrogens is 146 g/mol. The lowest BCUT2D eigenvalue weighted by Crippen LogP contribution is -2.15. The van der Waals surface area contributed by atoms with Crippen LogP contribution >= 0.6 is 0 Å². The maximum Gasteiger partial charge on any atom is -0.00458 e. The zero-order valence-electron chi connectivity index (χ0n) is 7.66. The van der Waals surface area contributed by atoms with Crippen LogP contribution in [-0.4, -0.2) is 6.54 Å². The van der Waals surface area contributed by atoms with Crippen molar-refractivity contribution >= 4 is 0 Å². The second-order valence-electron chi connectivity index (χ2n) is 3.20. The fraction of sp³-hybridized carbons (Fsp3) is 0.455. The summed E-state index contributed by atoms with van der Waals surface area (Å²) in [4.78, 5) is 0. The van der Waals surface area contributed by atoms with E-state index in [9.17, 15) is 0 Å². The Kier molecular flexibility index (Phi) is 3.81. The highest BCUT2D eigenvalue weighted by molar-refractivity contribution is 5.15. The fourth-order valence-electron chi connectivity index (χ4n) is 1.34. The van der Waals surface area contributed by atoms with Crippen LogP contribution in [0.15, 0.2) is 30.3 Å². The predicted octanol–water partition coefficient (Wildman–Crippen LogP) is 2.21. The Morgan fingerprint density at radius 2 is 1.92 bits per heavy atom. The van der Waals surface area contributed by atoms with Gasteiger partial charge in [-0.25, -0.2) is 0 Å². The molecule has 1 aromatic carbocycles. The fourth-order valence-corrected chi connectivity index (χ4v) is 1.34. The van der Waals surface area contributed by atoms with Crippen LogP contribution in [-0.2, 0) is 6.42 Å². The van der Waals surface area contributed by atoms with Gasteiger partial charge in [0.1, 0.15) is 0 Å². The second-order valence-corrected chi connectivity index (χ2v) is 3.20. The zero-order valence-corrected chi connectivity index (χ0v) is 7.66. The Labute approximate surface area is 74.6 Å². The molecule has 0 amide bonds. The number of benzene rings is 1. The molecule has 0 spiro atoms. The molecule has 0 aliphatic carbocycles. The average molecular weight is 163 g/mol. The number of nitrogens with two attached hydrogens (primary N) is 1. The minimum absolute atomic E-state index is 0.646. The van der Waals surface area contributed by atoms with E-state index in [2.05, 4.69) is 31.2 Å². The molecule has 0 saturated carbocycles. The van der Waals surface area contributed by atoms with Gasteiger partial charge < -0.3 is 5.73 Å². The van der Waals surface area contributed by atoms with E-state index in [-0.39, 0.29) is 0 Å². The van der Waals surface area contributed by atoms with E-state index < -0.39 is 0 Å². The summed E-state index contributed by atoms with van der Waals surface area (Å²) in [5.74, 6) is 0.646. The van der Waals surface area contributed by atoms with Crippen LogP contribution < -0.4 is 5.73 Å². The molecule has 0 radical (unpaired) electrons. The van der Waals surface area contributed by atoms with Crippen molar-refractivity contribution in [3.05, 3.63) is 35.9 Å². The monoisotopic (exact) mass is 163 g/mol. The van der Waals surface area contributed by atoms with Crippen molar-refractivity contribution in [1.29, 1.82) is 0 Å². The van der Waals surface area contributed by atoms with E-state index in [1.165, 1.54) is 12.0 Å². The predicted molar refractivity (Wildman–Crippen MR) is 53.0 cm³/mol. The smallest absolute Gasteiger partial charge is 0.00458 e. The average Bonchev–Trinajstić information content (AvgIpc) is 2.16. The SMILES string of the molecule is CC[C@@H](CN)Cc1ccccc1.